The van der Waals surface area contributed by atoms with E-state index in [2.05, 4.69) is 4.90 Å². The third-order valence-corrected chi connectivity index (χ3v) is 0.953. The molecule has 0 aromatic carbocycles. The van der Waals surface area contributed by atoms with E-state index in [4.69, 9.17) is 5.73 Å². The Hall–Kier alpha value is -0.0800. The molecule has 2 nitrogen and oxygen atoms in total. The molecule has 2 heteroatoms. The second-order valence-corrected chi connectivity index (χ2v) is 2.40. The van der Waals surface area contributed by atoms with Crippen molar-refractivity contribution < 1.29 is 0 Å². The molecule has 0 heterocycles. The summed E-state index contributed by atoms with van der Waals surface area (Å²) in [7, 11) is 4.09. The molecule has 49 valence electrons. The van der Waals surface area contributed by atoms with Gasteiger partial charge in [-0.2, -0.15) is 0 Å². The monoisotopic (exact) mass is 115 g/mol. The number of nitrogens with two attached hydrogens (primary N) is 1. The van der Waals surface area contributed by atoms with Gasteiger partial charge in [0.2, 0.25) is 0 Å². The average molecular weight is 115 g/mol. The van der Waals surface area contributed by atoms with Crippen LogP contribution in [0.25, 0.3) is 0 Å². The Morgan fingerprint density at radius 3 is 2.12 bits per heavy atom. The SMILES string of the molecule is C[C](N)CCN(C)C. The van der Waals surface area contributed by atoms with Crippen LogP contribution in [0.3, 0.4) is 0 Å². The van der Waals surface area contributed by atoms with Gasteiger partial charge in [0.15, 0.2) is 0 Å². The summed E-state index contributed by atoms with van der Waals surface area (Å²) in [6, 6.07) is 1.01. The lowest BCUT2D eigenvalue weighted by Crippen LogP contribution is -2.17. The zero-order valence-electron chi connectivity index (χ0n) is 5.94. The molecule has 0 atom stereocenters. The van der Waals surface area contributed by atoms with Gasteiger partial charge in [-0.25, -0.2) is 0 Å². The highest BCUT2D eigenvalue weighted by molar-refractivity contribution is 4.74. The summed E-state index contributed by atoms with van der Waals surface area (Å²) in [6.07, 6.45) is 1.01. The Kier molecular flexibility index (Phi) is 3.83. The molecule has 0 fully saturated rings. The minimum atomic E-state index is 1.01. The molecule has 0 aromatic heterocycles. The molecule has 0 aromatic rings. The minimum Gasteiger partial charge on any atom is -0.324 e. The zero-order chi connectivity index (χ0) is 6.57. The average Bonchev–Trinajstić information content (AvgIpc) is 1.61. The number of rotatable bonds is 3. The van der Waals surface area contributed by atoms with Gasteiger partial charge in [-0.3, -0.25) is 0 Å². The maximum absolute atomic E-state index is 5.43. The van der Waals surface area contributed by atoms with E-state index in [0.717, 1.165) is 19.0 Å². The molecule has 1 radical (unpaired) electrons. The lowest BCUT2D eigenvalue weighted by molar-refractivity contribution is 0.403. The van der Waals surface area contributed by atoms with Crippen molar-refractivity contribution in [1.82, 2.24) is 4.90 Å². The smallest absolute Gasteiger partial charge is 0.0318 e. The molecule has 0 aliphatic rings. The van der Waals surface area contributed by atoms with Crippen molar-refractivity contribution in [2.75, 3.05) is 20.6 Å². The van der Waals surface area contributed by atoms with Gasteiger partial charge >= 0.3 is 0 Å². The molecule has 8 heavy (non-hydrogen) atoms. The van der Waals surface area contributed by atoms with Crippen molar-refractivity contribution in [1.29, 1.82) is 0 Å². The van der Waals surface area contributed by atoms with Crippen LogP contribution in [0.15, 0.2) is 0 Å². The fourth-order valence-electron chi connectivity index (χ4n) is 0.400. The predicted octanol–water partition coefficient (Wildman–Crippen LogP) is 0.449. The van der Waals surface area contributed by atoms with Gasteiger partial charge in [0, 0.05) is 6.04 Å². The molecule has 0 spiro atoms. The highest BCUT2D eigenvalue weighted by Crippen LogP contribution is 1.93. The number of hydrogen-bond acceptors (Lipinski definition) is 2. The molecule has 0 saturated carbocycles. The van der Waals surface area contributed by atoms with E-state index >= 15 is 0 Å². The van der Waals surface area contributed by atoms with Gasteiger partial charge in [-0.05, 0) is 34.0 Å². The molecule has 0 rings (SSSR count). The van der Waals surface area contributed by atoms with Crippen LogP contribution in [0.1, 0.15) is 13.3 Å². The summed E-state index contributed by atoms with van der Waals surface area (Å²) in [5, 5.41) is 0. The highest BCUT2D eigenvalue weighted by Gasteiger charge is 1.94. The molecule has 0 aliphatic heterocycles. The summed E-state index contributed by atoms with van der Waals surface area (Å²) < 4.78 is 0. The fourth-order valence-corrected chi connectivity index (χ4v) is 0.400. The molecular formula is C6H15N2. The van der Waals surface area contributed by atoms with E-state index in [1.807, 2.05) is 21.0 Å². The summed E-state index contributed by atoms with van der Waals surface area (Å²) in [5.74, 6) is 0. The quantitative estimate of drug-likeness (QED) is 0.578. The molecule has 0 amide bonds. The van der Waals surface area contributed by atoms with Gasteiger partial charge in [-0.1, -0.05) is 0 Å². The number of nitrogens with zero attached hydrogens (tertiary/aromatic N) is 1. The van der Waals surface area contributed by atoms with E-state index in [1.165, 1.54) is 0 Å². The van der Waals surface area contributed by atoms with Gasteiger partial charge in [-0.15, -0.1) is 0 Å². The first-order valence-corrected chi connectivity index (χ1v) is 2.85. The molecule has 0 aliphatic carbocycles. The van der Waals surface area contributed by atoms with E-state index in [9.17, 15) is 0 Å². The fraction of sp³-hybridized carbons (Fsp3) is 0.833. The molecule has 2 N–H and O–H groups in total. The number of hydrogen-bond donors (Lipinski definition) is 1. The van der Waals surface area contributed by atoms with Crippen LogP contribution in [0.5, 0.6) is 0 Å². The van der Waals surface area contributed by atoms with E-state index < -0.39 is 0 Å². The van der Waals surface area contributed by atoms with Gasteiger partial charge < -0.3 is 10.6 Å². The van der Waals surface area contributed by atoms with Crippen LogP contribution >= 0.6 is 0 Å². The molecular weight excluding hydrogens is 100 g/mol. The second-order valence-electron chi connectivity index (χ2n) is 2.40. The molecule has 0 saturated heterocycles. The lowest BCUT2D eigenvalue weighted by Gasteiger charge is -2.09. The lowest BCUT2D eigenvalue weighted by atomic mass is 10.2. The van der Waals surface area contributed by atoms with E-state index in [-0.39, 0.29) is 0 Å². The van der Waals surface area contributed by atoms with Gasteiger partial charge in [0.05, 0.1) is 0 Å². The second kappa shape index (κ2) is 3.87. The van der Waals surface area contributed by atoms with Crippen LogP contribution in [-0.2, 0) is 0 Å². The minimum absolute atomic E-state index is 1.01. The first-order valence-electron chi connectivity index (χ1n) is 2.85. The van der Waals surface area contributed by atoms with Crippen molar-refractivity contribution in [3.8, 4) is 0 Å². The van der Waals surface area contributed by atoms with Crippen molar-refractivity contribution in [2.45, 2.75) is 13.3 Å². The van der Waals surface area contributed by atoms with Crippen LogP contribution in [0, 0.1) is 6.04 Å². The van der Waals surface area contributed by atoms with Crippen molar-refractivity contribution in [3.63, 3.8) is 0 Å². The molecule has 0 bridgehead atoms. The highest BCUT2D eigenvalue weighted by atomic mass is 15.0. The Morgan fingerprint density at radius 1 is 1.50 bits per heavy atom. The topological polar surface area (TPSA) is 29.3 Å². The maximum Gasteiger partial charge on any atom is 0.0318 e. The van der Waals surface area contributed by atoms with E-state index in [0.29, 0.717) is 0 Å². The summed E-state index contributed by atoms with van der Waals surface area (Å²) in [6.45, 7) is 3.01. The van der Waals surface area contributed by atoms with Crippen LogP contribution in [0.2, 0.25) is 0 Å². The Bertz CT molecular complexity index is 42.5. The van der Waals surface area contributed by atoms with Crippen molar-refractivity contribution >= 4 is 0 Å². The third-order valence-electron chi connectivity index (χ3n) is 0.953. The van der Waals surface area contributed by atoms with Crippen LogP contribution in [-0.4, -0.2) is 25.5 Å². The first-order chi connectivity index (χ1) is 3.63. The van der Waals surface area contributed by atoms with Gasteiger partial charge in [0.1, 0.15) is 0 Å². The van der Waals surface area contributed by atoms with Crippen LogP contribution in [0.4, 0.5) is 0 Å². The Morgan fingerprint density at radius 2 is 2.00 bits per heavy atom. The van der Waals surface area contributed by atoms with Gasteiger partial charge in [0.25, 0.3) is 0 Å². The molecule has 0 unspecified atom stereocenters. The maximum atomic E-state index is 5.43. The van der Waals surface area contributed by atoms with Crippen molar-refractivity contribution in [2.24, 2.45) is 5.73 Å². The van der Waals surface area contributed by atoms with Crippen LogP contribution < -0.4 is 5.73 Å². The summed E-state index contributed by atoms with van der Waals surface area (Å²) in [4.78, 5) is 2.12. The Labute approximate surface area is 51.7 Å². The normalized spacial score (nSPS) is 11.2. The Balaban J connectivity index is 2.93. The van der Waals surface area contributed by atoms with Crippen molar-refractivity contribution in [3.05, 3.63) is 6.04 Å². The third kappa shape index (κ3) is 5.92. The summed E-state index contributed by atoms with van der Waals surface area (Å²) in [5.41, 5.74) is 5.43. The largest absolute Gasteiger partial charge is 0.324 e. The summed E-state index contributed by atoms with van der Waals surface area (Å²) >= 11 is 0. The standard InChI is InChI=1S/C6H15N2/c1-6(7)4-5-8(2)3/h4-5,7H2,1-3H3. The predicted molar refractivity (Wildman–Crippen MR) is 36.3 cm³/mol. The zero-order valence-corrected chi connectivity index (χ0v) is 5.94. The van der Waals surface area contributed by atoms with E-state index in [1.54, 1.807) is 0 Å². The first kappa shape index (κ1) is 7.92.